The molecule has 1 aromatic rings. The fourth-order valence-corrected chi connectivity index (χ4v) is 5.70. The highest BCUT2D eigenvalue weighted by Gasteiger charge is 2.45. The quantitative estimate of drug-likeness (QED) is 0.583. The lowest BCUT2D eigenvalue weighted by atomic mass is 9.88. The first-order valence-electron chi connectivity index (χ1n) is 8.41. The summed E-state index contributed by atoms with van der Waals surface area (Å²) in [5, 5.41) is 10.1. The van der Waals surface area contributed by atoms with E-state index in [1.165, 1.54) is 16.4 Å². The molecule has 0 spiro atoms. The molecule has 0 atom stereocenters. The first-order chi connectivity index (χ1) is 12.1. The average molecular weight is 392 g/mol. The minimum Gasteiger partial charge on any atom is -0.258 e. The van der Waals surface area contributed by atoms with Crippen molar-refractivity contribution in [3.05, 3.63) is 39.4 Å². The number of hydrogen-bond acceptors (Lipinski definition) is 4. The molecule has 0 unspecified atom stereocenters. The van der Waals surface area contributed by atoms with Crippen molar-refractivity contribution in [2.24, 2.45) is 5.92 Å². The van der Waals surface area contributed by atoms with Gasteiger partial charge in [0, 0.05) is 25.2 Å². The first-order valence-corrected chi connectivity index (χ1v) is 9.91. The molecule has 26 heavy (non-hydrogen) atoms. The molecule has 6 nitrogen and oxygen atoms in total. The zero-order valence-electron chi connectivity index (χ0n) is 13.9. The number of alkyl halides is 3. The van der Waals surface area contributed by atoms with Gasteiger partial charge >= 0.3 is 6.18 Å². The van der Waals surface area contributed by atoms with Gasteiger partial charge < -0.3 is 0 Å². The van der Waals surface area contributed by atoms with Gasteiger partial charge in [-0.15, -0.1) is 0 Å². The minimum absolute atomic E-state index is 0.00912. The smallest absolute Gasteiger partial charge is 0.258 e. The van der Waals surface area contributed by atoms with Crippen molar-refractivity contribution in [1.82, 2.24) is 4.31 Å². The van der Waals surface area contributed by atoms with Gasteiger partial charge in [-0.25, -0.2) is 8.42 Å². The fourth-order valence-electron chi connectivity index (χ4n) is 3.75. The highest BCUT2D eigenvalue weighted by Crippen LogP contribution is 2.40. The molecule has 0 aromatic heterocycles. The van der Waals surface area contributed by atoms with Crippen LogP contribution < -0.4 is 0 Å². The van der Waals surface area contributed by atoms with Crippen LogP contribution in [0.5, 0.6) is 0 Å². The molecule has 1 fully saturated rings. The number of hydrogen-bond donors (Lipinski definition) is 0. The van der Waals surface area contributed by atoms with Gasteiger partial charge in [-0.1, -0.05) is 6.07 Å². The molecule has 1 aliphatic carbocycles. The van der Waals surface area contributed by atoms with Crippen molar-refractivity contribution < 1.29 is 26.5 Å². The van der Waals surface area contributed by atoms with Crippen LogP contribution in [-0.4, -0.2) is 35.6 Å². The van der Waals surface area contributed by atoms with Crippen LogP contribution in [-0.2, 0) is 23.0 Å². The second-order valence-electron chi connectivity index (χ2n) is 6.85. The molecule has 0 radical (unpaired) electrons. The summed E-state index contributed by atoms with van der Waals surface area (Å²) in [6.07, 6.45) is -4.22. The molecule has 1 aliphatic heterocycles. The van der Waals surface area contributed by atoms with E-state index in [9.17, 15) is 31.7 Å². The van der Waals surface area contributed by atoms with Crippen molar-refractivity contribution in [3.63, 3.8) is 0 Å². The third-order valence-electron chi connectivity index (χ3n) is 5.30. The summed E-state index contributed by atoms with van der Waals surface area (Å²) in [6, 6.07) is 4.39. The van der Waals surface area contributed by atoms with E-state index in [0.717, 1.165) is 5.56 Å². The zero-order chi connectivity index (χ0) is 19.1. The van der Waals surface area contributed by atoms with Gasteiger partial charge in [0.1, 0.15) is 0 Å². The van der Waals surface area contributed by atoms with E-state index in [4.69, 9.17) is 0 Å². The number of rotatable bonds is 3. The summed E-state index contributed by atoms with van der Waals surface area (Å²) in [4.78, 5) is 10.4. The Kier molecular flexibility index (Phi) is 5.00. The molecule has 0 N–H and O–H groups in total. The lowest BCUT2D eigenvalue weighted by molar-refractivity contribution is -0.385. The molecule has 1 heterocycles. The van der Waals surface area contributed by atoms with E-state index in [1.807, 2.05) is 0 Å². The standard InChI is InChI=1S/C16H19F3N2O4S/c17-16(18,19)13-2-5-15(6-3-13)26(24,25)20-8-7-11-1-4-14(21(22)23)9-12(11)10-20/h1,4,9,13,15H,2-3,5-8,10H2. The summed E-state index contributed by atoms with van der Waals surface area (Å²) in [5.41, 5.74) is 1.34. The molecule has 0 bridgehead atoms. The maximum absolute atomic E-state index is 12.8. The molecule has 1 aromatic carbocycles. The topological polar surface area (TPSA) is 80.5 Å². The SMILES string of the molecule is O=[N+]([O-])c1ccc2c(c1)CN(S(=O)(=O)C1CCC(C(F)(F)F)CC1)CC2. The second-order valence-corrected chi connectivity index (χ2v) is 9.07. The largest absolute Gasteiger partial charge is 0.391 e. The summed E-state index contributed by atoms with van der Waals surface area (Å²) in [6.45, 7) is 0.269. The maximum atomic E-state index is 12.8. The van der Waals surface area contributed by atoms with Gasteiger partial charge in [-0.3, -0.25) is 10.1 Å². The molecule has 144 valence electrons. The van der Waals surface area contributed by atoms with Crippen molar-refractivity contribution in [1.29, 1.82) is 0 Å². The Labute approximate surface area is 149 Å². The number of nitro groups is 1. The second kappa shape index (κ2) is 6.80. The number of nitro benzene ring substituents is 1. The van der Waals surface area contributed by atoms with Crippen molar-refractivity contribution >= 4 is 15.7 Å². The number of fused-ring (bicyclic) bond motifs is 1. The van der Waals surface area contributed by atoms with Crippen LogP contribution >= 0.6 is 0 Å². The molecule has 0 amide bonds. The van der Waals surface area contributed by atoms with Gasteiger partial charge in [-0.05, 0) is 43.2 Å². The van der Waals surface area contributed by atoms with Crippen molar-refractivity contribution in [3.8, 4) is 0 Å². The number of halogens is 3. The highest BCUT2D eigenvalue weighted by molar-refractivity contribution is 7.89. The summed E-state index contributed by atoms with van der Waals surface area (Å²) < 4.78 is 65.3. The predicted molar refractivity (Wildman–Crippen MR) is 87.9 cm³/mol. The van der Waals surface area contributed by atoms with Gasteiger partial charge in [0.2, 0.25) is 10.0 Å². The zero-order valence-corrected chi connectivity index (χ0v) is 14.7. The molecule has 2 aliphatic rings. The number of sulfonamides is 1. The van der Waals surface area contributed by atoms with Crippen LogP contribution in [0.1, 0.15) is 36.8 Å². The Bertz CT molecular complexity index is 802. The first kappa shape index (κ1) is 19.1. The number of nitrogens with zero attached hydrogens (tertiary/aromatic N) is 2. The van der Waals surface area contributed by atoms with Crippen LogP contribution in [0.4, 0.5) is 18.9 Å². The van der Waals surface area contributed by atoms with Crippen LogP contribution in [0.15, 0.2) is 18.2 Å². The average Bonchev–Trinajstić information content (AvgIpc) is 2.60. The normalized spacial score (nSPS) is 24.9. The van der Waals surface area contributed by atoms with Crippen LogP contribution in [0.25, 0.3) is 0 Å². The van der Waals surface area contributed by atoms with E-state index in [0.29, 0.717) is 12.0 Å². The maximum Gasteiger partial charge on any atom is 0.391 e. The van der Waals surface area contributed by atoms with E-state index in [1.54, 1.807) is 6.07 Å². The lowest BCUT2D eigenvalue weighted by Gasteiger charge is -2.35. The van der Waals surface area contributed by atoms with Gasteiger partial charge in [0.05, 0.1) is 16.1 Å². The van der Waals surface area contributed by atoms with Crippen molar-refractivity contribution in [2.75, 3.05) is 6.54 Å². The van der Waals surface area contributed by atoms with E-state index in [2.05, 4.69) is 0 Å². The van der Waals surface area contributed by atoms with E-state index in [-0.39, 0.29) is 44.5 Å². The lowest BCUT2D eigenvalue weighted by Crippen LogP contribution is -2.44. The molecule has 1 saturated carbocycles. The Morgan fingerprint density at radius 3 is 2.35 bits per heavy atom. The summed E-state index contributed by atoms with van der Waals surface area (Å²) >= 11 is 0. The highest BCUT2D eigenvalue weighted by atomic mass is 32.2. The molecule has 3 rings (SSSR count). The van der Waals surface area contributed by atoms with Gasteiger partial charge in [0.25, 0.3) is 5.69 Å². The molecular weight excluding hydrogens is 373 g/mol. The van der Waals surface area contributed by atoms with Gasteiger partial charge in [-0.2, -0.15) is 17.5 Å². The minimum atomic E-state index is -4.28. The van der Waals surface area contributed by atoms with E-state index >= 15 is 0 Å². The Balaban J connectivity index is 1.73. The molecule has 10 heteroatoms. The fraction of sp³-hybridized carbons (Fsp3) is 0.625. The molecular formula is C16H19F3N2O4S. The Hall–Kier alpha value is -1.68. The Morgan fingerprint density at radius 2 is 1.77 bits per heavy atom. The van der Waals surface area contributed by atoms with E-state index < -0.39 is 32.3 Å². The third-order valence-corrected chi connectivity index (χ3v) is 7.64. The number of benzene rings is 1. The monoisotopic (exact) mass is 392 g/mol. The van der Waals surface area contributed by atoms with Crippen LogP contribution in [0.2, 0.25) is 0 Å². The van der Waals surface area contributed by atoms with Crippen LogP contribution in [0.3, 0.4) is 0 Å². The summed E-state index contributed by atoms with van der Waals surface area (Å²) in [5.74, 6) is -1.43. The summed E-state index contributed by atoms with van der Waals surface area (Å²) in [7, 11) is -3.73. The number of non-ortho nitro benzene ring substituents is 1. The Morgan fingerprint density at radius 1 is 1.12 bits per heavy atom. The van der Waals surface area contributed by atoms with Crippen molar-refractivity contribution in [2.45, 2.75) is 50.1 Å². The molecule has 0 saturated heterocycles. The van der Waals surface area contributed by atoms with Gasteiger partial charge in [0.15, 0.2) is 0 Å². The van der Waals surface area contributed by atoms with Crippen LogP contribution in [0, 0.1) is 16.0 Å². The predicted octanol–water partition coefficient (Wildman–Crippen LogP) is 3.40. The third kappa shape index (κ3) is 3.71.